The Kier molecular flexibility index (Phi) is 4.10. The van der Waals surface area contributed by atoms with Crippen molar-refractivity contribution in [1.29, 1.82) is 0 Å². The van der Waals surface area contributed by atoms with Crippen LogP contribution in [0.25, 0.3) is 0 Å². The van der Waals surface area contributed by atoms with E-state index in [1.165, 1.54) is 4.88 Å². The predicted octanol–water partition coefficient (Wildman–Crippen LogP) is 2.72. The fourth-order valence-corrected chi connectivity index (χ4v) is 3.13. The maximum absolute atomic E-state index is 12.2. The van der Waals surface area contributed by atoms with E-state index in [1.807, 2.05) is 29.2 Å². The van der Waals surface area contributed by atoms with Gasteiger partial charge in [0.2, 0.25) is 0 Å². The molecule has 0 saturated heterocycles. The molecule has 1 aromatic carbocycles. The standard InChI is InChI=1S/C16H17NO3S/c1-19-14-6-2-4-12-10-17(15(18)11-20-16(12)14)8-7-13-5-3-9-21-13/h2-6,9H,7-8,10-11H2,1H3. The van der Waals surface area contributed by atoms with Crippen molar-refractivity contribution in [2.75, 3.05) is 20.3 Å². The van der Waals surface area contributed by atoms with Gasteiger partial charge in [-0.25, -0.2) is 0 Å². The third kappa shape index (κ3) is 3.03. The number of hydrogen-bond donors (Lipinski definition) is 0. The summed E-state index contributed by atoms with van der Waals surface area (Å²) in [6, 6.07) is 9.89. The van der Waals surface area contributed by atoms with Crippen molar-refractivity contribution in [1.82, 2.24) is 4.90 Å². The van der Waals surface area contributed by atoms with Crippen LogP contribution in [-0.2, 0) is 17.8 Å². The van der Waals surface area contributed by atoms with Crippen molar-refractivity contribution in [2.24, 2.45) is 0 Å². The van der Waals surface area contributed by atoms with Gasteiger partial charge in [-0.15, -0.1) is 11.3 Å². The van der Waals surface area contributed by atoms with E-state index in [-0.39, 0.29) is 12.5 Å². The normalized spacial score (nSPS) is 14.3. The molecule has 0 saturated carbocycles. The van der Waals surface area contributed by atoms with E-state index in [4.69, 9.17) is 9.47 Å². The molecule has 5 heteroatoms. The summed E-state index contributed by atoms with van der Waals surface area (Å²) in [7, 11) is 1.61. The monoisotopic (exact) mass is 303 g/mol. The lowest BCUT2D eigenvalue weighted by Crippen LogP contribution is -2.33. The molecule has 110 valence electrons. The molecule has 2 aromatic rings. The van der Waals surface area contributed by atoms with Gasteiger partial charge in [0.25, 0.3) is 5.91 Å². The fourth-order valence-electron chi connectivity index (χ4n) is 2.43. The van der Waals surface area contributed by atoms with Crippen LogP contribution in [0.1, 0.15) is 10.4 Å². The Bertz CT molecular complexity index is 624. The molecule has 3 rings (SSSR count). The zero-order valence-corrected chi connectivity index (χ0v) is 12.7. The molecule has 1 amide bonds. The number of methoxy groups -OCH3 is 1. The lowest BCUT2D eigenvalue weighted by molar-refractivity contribution is -0.133. The van der Waals surface area contributed by atoms with Crippen LogP contribution in [0.3, 0.4) is 0 Å². The maximum atomic E-state index is 12.2. The molecule has 0 spiro atoms. The van der Waals surface area contributed by atoms with Crippen molar-refractivity contribution >= 4 is 17.2 Å². The molecular weight excluding hydrogens is 286 g/mol. The fraction of sp³-hybridized carbons (Fsp3) is 0.312. The Morgan fingerprint density at radius 3 is 3.00 bits per heavy atom. The first kappa shape index (κ1) is 13.9. The molecule has 0 unspecified atom stereocenters. The number of thiophene rings is 1. The number of para-hydroxylation sites is 1. The first-order chi connectivity index (χ1) is 10.3. The van der Waals surface area contributed by atoms with Crippen molar-refractivity contribution in [3.8, 4) is 11.5 Å². The van der Waals surface area contributed by atoms with Gasteiger partial charge in [-0.05, 0) is 23.9 Å². The highest BCUT2D eigenvalue weighted by Crippen LogP contribution is 2.33. The van der Waals surface area contributed by atoms with E-state index in [9.17, 15) is 4.79 Å². The number of rotatable bonds is 4. The summed E-state index contributed by atoms with van der Waals surface area (Å²) in [4.78, 5) is 15.3. The average Bonchev–Trinajstić information content (AvgIpc) is 2.96. The van der Waals surface area contributed by atoms with Crippen molar-refractivity contribution in [3.05, 3.63) is 46.2 Å². The Morgan fingerprint density at radius 1 is 1.33 bits per heavy atom. The molecule has 21 heavy (non-hydrogen) atoms. The zero-order valence-electron chi connectivity index (χ0n) is 11.9. The van der Waals surface area contributed by atoms with Gasteiger partial charge in [0.05, 0.1) is 7.11 Å². The number of hydrogen-bond acceptors (Lipinski definition) is 4. The molecule has 0 N–H and O–H groups in total. The van der Waals surface area contributed by atoms with Gasteiger partial charge in [0, 0.05) is 23.5 Å². The van der Waals surface area contributed by atoms with Gasteiger partial charge in [-0.1, -0.05) is 18.2 Å². The van der Waals surface area contributed by atoms with Crippen LogP contribution in [0.5, 0.6) is 11.5 Å². The molecule has 0 atom stereocenters. The quantitative estimate of drug-likeness (QED) is 0.872. The number of carbonyl (C=O) groups excluding carboxylic acids is 1. The van der Waals surface area contributed by atoms with Gasteiger partial charge in [0.1, 0.15) is 0 Å². The lowest BCUT2D eigenvalue weighted by Gasteiger charge is -2.19. The first-order valence-electron chi connectivity index (χ1n) is 6.87. The van der Waals surface area contributed by atoms with Gasteiger partial charge in [-0.2, -0.15) is 0 Å². The van der Waals surface area contributed by atoms with E-state index in [2.05, 4.69) is 11.4 Å². The highest BCUT2D eigenvalue weighted by atomic mass is 32.1. The smallest absolute Gasteiger partial charge is 0.260 e. The highest BCUT2D eigenvalue weighted by Gasteiger charge is 2.23. The van der Waals surface area contributed by atoms with Crippen LogP contribution in [0.2, 0.25) is 0 Å². The summed E-state index contributed by atoms with van der Waals surface area (Å²) in [5.41, 5.74) is 0.992. The third-order valence-corrected chi connectivity index (χ3v) is 4.48. The molecule has 0 bridgehead atoms. The second kappa shape index (κ2) is 6.18. The van der Waals surface area contributed by atoms with Crippen LogP contribution in [0, 0.1) is 0 Å². The molecule has 1 aliphatic heterocycles. The van der Waals surface area contributed by atoms with Crippen LogP contribution in [0.4, 0.5) is 0 Å². The molecule has 0 fully saturated rings. The summed E-state index contributed by atoms with van der Waals surface area (Å²) in [6.45, 7) is 1.34. The van der Waals surface area contributed by atoms with Gasteiger partial charge >= 0.3 is 0 Å². The Labute approximate surface area is 127 Å². The molecule has 4 nitrogen and oxygen atoms in total. The molecule has 2 heterocycles. The number of nitrogens with zero attached hydrogens (tertiary/aromatic N) is 1. The number of ether oxygens (including phenoxy) is 2. The van der Waals surface area contributed by atoms with Crippen molar-refractivity contribution in [3.63, 3.8) is 0 Å². The molecule has 0 radical (unpaired) electrons. The second-order valence-corrected chi connectivity index (χ2v) is 5.91. The van der Waals surface area contributed by atoms with Crippen molar-refractivity contribution in [2.45, 2.75) is 13.0 Å². The predicted molar refractivity (Wildman–Crippen MR) is 81.9 cm³/mol. The van der Waals surface area contributed by atoms with Gasteiger partial charge in [0.15, 0.2) is 18.1 Å². The highest BCUT2D eigenvalue weighted by molar-refractivity contribution is 7.09. The Balaban J connectivity index is 1.77. The molecule has 1 aliphatic rings. The molecule has 0 aliphatic carbocycles. The van der Waals surface area contributed by atoms with Crippen LogP contribution in [0.15, 0.2) is 35.7 Å². The Morgan fingerprint density at radius 2 is 2.24 bits per heavy atom. The van der Waals surface area contributed by atoms with Crippen LogP contribution in [-0.4, -0.2) is 31.1 Å². The minimum atomic E-state index is 0.0183. The van der Waals surface area contributed by atoms with Crippen molar-refractivity contribution < 1.29 is 14.3 Å². The largest absolute Gasteiger partial charge is 0.493 e. The minimum absolute atomic E-state index is 0.0183. The first-order valence-corrected chi connectivity index (χ1v) is 7.74. The summed E-state index contributed by atoms with van der Waals surface area (Å²) < 4.78 is 10.9. The second-order valence-electron chi connectivity index (χ2n) is 4.88. The third-order valence-electron chi connectivity index (χ3n) is 3.54. The average molecular weight is 303 g/mol. The topological polar surface area (TPSA) is 38.8 Å². The minimum Gasteiger partial charge on any atom is -0.493 e. The molecule has 1 aromatic heterocycles. The lowest BCUT2D eigenvalue weighted by atomic mass is 10.1. The van der Waals surface area contributed by atoms with E-state index in [0.717, 1.165) is 12.0 Å². The summed E-state index contributed by atoms with van der Waals surface area (Å²) in [6.07, 6.45) is 0.878. The van der Waals surface area contributed by atoms with Crippen LogP contribution < -0.4 is 9.47 Å². The number of benzene rings is 1. The zero-order chi connectivity index (χ0) is 14.7. The van der Waals surface area contributed by atoms with Crippen LogP contribution >= 0.6 is 11.3 Å². The number of carbonyl (C=O) groups is 1. The van der Waals surface area contributed by atoms with E-state index < -0.39 is 0 Å². The summed E-state index contributed by atoms with van der Waals surface area (Å²) in [5, 5.41) is 2.06. The SMILES string of the molecule is COc1cccc2c1OCC(=O)N(CCc1cccs1)C2. The summed E-state index contributed by atoms with van der Waals surface area (Å²) >= 11 is 1.72. The van der Waals surface area contributed by atoms with Gasteiger partial charge < -0.3 is 14.4 Å². The number of amides is 1. The number of fused-ring (bicyclic) bond motifs is 1. The maximum Gasteiger partial charge on any atom is 0.260 e. The molecular formula is C16H17NO3S. The van der Waals surface area contributed by atoms with E-state index in [1.54, 1.807) is 18.4 Å². The summed E-state index contributed by atoms with van der Waals surface area (Å²) in [5.74, 6) is 1.39. The van der Waals surface area contributed by atoms with E-state index >= 15 is 0 Å². The van der Waals surface area contributed by atoms with E-state index in [0.29, 0.717) is 24.6 Å². The van der Waals surface area contributed by atoms with Gasteiger partial charge in [-0.3, -0.25) is 4.79 Å². The Hall–Kier alpha value is -2.01.